The van der Waals surface area contributed by atoms with Gasteiger partial charge in [-0.15, -0.1) is 0 Å². The van der Waals surface area contributed by atoms with Gasteiger partial charge in [0.05, 0.1) is 21.8 Å². The molecular weight excluding hydrogens is 385 g/mol. The fourth-order valence-electron chi connectivity index (χ4n) is 2.38. The summed E-state index contributed by atoms with van der Waals surface area (Å²) in [5.41, 5.74) is 5.87. The van der Waals surface area contributed by atoms with E-state index in [9.17, 15) is 22.8 Å². The Morgan fingerprint density at radius 1 is 1.19 bits per heavy atom. The third kappa shape index (κ3) is 5.13. The first kappa shape index (κ1) is 20.6. The molecule has 0 saturated heterocycles. The van der Waals surface area contributed by atoms with Crippen LogP contribution in [0.3, 0.4) is 0 Å². The van der Waals surface area contributed by atoms with Crippen LogP contribution in [0.25, 0.3) is 0 Å². The lowest BCUT2D eigenvalue weighted by molar-refractivity contribution is -0.137. The number of nitrogen functional groups attached to an aromatic ring is 1. The highest BCUT2D eigenvalue weighted by molar-refractivity contribution is 6.34. The predicted molar refractivity (Wildman–Crippen MR) is 95.7 cm³/mol. The van der Waals surface area contributed by atoms with E-state index >= 15 is 0 Å². The summed E-state index contributed by atoms with van der Waals surface area (Å²) in [4.78, 5) is 24.0. The number of nitrogens with one attached hydrogen (secondary N) is 1. The molecule has 0 aliphatic carbocycles. The molecule has 0 aliphatic heterocycles. The van der Waals surface area contributed by atoms with E-state index in [4.69, 9.17) is 22.1 Å². The minimum absolute atomic E-state index is 0.264. The number of alkyl halides is 3. The fourth-order valence-corrected chi connectivity index (χ4v) is 2.75. The van der Waals surface area contributed by atoms with Gasteiger partial charge >= 0.3 is 12.1 Å². The molecule has 0 bridgehead atoms. The first-order chi connectivity index (χ1) is 12.5. The summed E-state index contributed by atoms with van der Waals surface area (Å²) < 4.78 is 42.7. The molecule has 9 heteroatoms. The normalized spacial score (nSPS) is 11.2. The van der Waals surface area contributed by atoms with E-state index in [2.05, 4.69) is 5.32 Å². The van der Waals surface area contributed by atoms with Crippen molar-refractivity contribution in [1.82, 2.24) is 0 Å². The van der Waals surface area contributed by atoms with Crippen LogP contribution in [0.2, 0.25) is 5.02 Å². The second-order valence-corrected chi connectivity index (χ2v) is 6.27. The zero-order chi connectivity index (χ0) is 20.4. The Balaban J connectivity index is 2.03. The lowest BCUT2D eigenvalue weighted by Crippen LogP contribution is -2.22. The maximum Gasteiger partial charge on any atom is 0.416 e. The molecule has 27 heavy (non-hydrogen) atoms. The Bertz CT molecular complexity index is 875. The minimum atomic E-state index is -4.58. The number of carbonyl (C=O) groups excluding carboxylic acids is 2. The van der Waals surface area contributed by atoms with Gasteiger partial charge < -0.3 is 15.8 Å². The third-order valence-electron chi connectivity index (χ3n) is 3.63. The van der Waals surface area contributed by atoms with Crippen LogP contribution in [0.4, 0.5) is 24.5 Å². The first-order valence-corrected chi connectivity index (χ1v) is 8.07. The van der Waals surface area contributed by atoms with Gasteiger partial charge in [-0.05, 0) is 49.2 Å². The van der Waals surface area contributed by atoms with Crippen LogP contribution < -0.4 is 11.1 Å². The zero-order valence-corrected chi connectivity index (χ0v) is 15.2. The molecule has 2 aromatic rings. The molecule has 2 aromatic carbocycles. The smallest absolute Gasteiger partial charge is 0.416 e. The second-order valence-electron chi connectivity index (χ2n) is 5.86. The van der Waals surface area contributed by atoms with Crippen LogP contribution >= 0.6 is 11.6 Å². The lowest BCUT2D eigenvalue weighted by Gasteiger charge is -2.13. The van der Waals surface area contributed by atoms with Gasteiger partial charge in [0.25, 0.3) is 5.91 Å². The van der Waals surface area contributed by atoms with E-state index < -0.39 is 35.9 Å². The molecule has 5 nitrogen and oxygen atoms in total. The van der Waals surface area contributed by atoms with Crippen molar-refractivity contribution in [1.29, 1.82) is 0 Å². The van der Waals surface area contributed by atoms with Crippen LogP contribution in [0.15, 0.2) is 30.3 Å². The zero-order valence-electron chi connectivity index (χ0n) is 14.4. The van der Waals surface area contributed by atoms with Gasteiger partial charge in [0.2, 0.25) is 0 Å². The van der Waals surface area contributed by atoms with Gasteiger partial charge in [0.15, 0.2) is 6.61 Å². The van der Waals surface area contributed by atoms with Gasteiger partial charge in [-0.25, -0.2) is 4.79 Å². The van der Waals surface area contributed by atoms with Gasteiger partial charge in [-0.3, -0.25) is 4.79 Å². The van der Waals surface area contributed by atoms with Gasteiger partial charge in [0.1, 0.15) is 0 Å². The van der Waals surface area contributed by atoms with Crippen LogP contribution in [0, 0.1) is 13.8 Å². The van der Waals surface area contributed by atoms with Gasteiger partial charge in [0, 0.05) is 5.69 Å². The minimum Gasteiger partial charge on any atom is -0.452 e. The molecule has 0 aliphatic rings. The van der Waals surface area contributed by atoms with Crippen molar-refractivity contribution in [2.75, 3.05) is 17.7 Å². The molecule has 144 valence electrons. The molecule has 0 heterocycles. The van der Waals surface area contributed by atoms with Gasteiger partial charge in [-0.2, -0.15) is 13.2 Å². The number of esters is 1. The number of halogens is 4. The third-order valence-corrected chi connectivity index (χ3v) is 3.93. The summed E-state index contributed by atoms with van der Waals surface area (Å²) in [6.07, 6.45) is -4.58. The molecule has 3 N–H and O–H groups in total. The van der Waals surface area contributed by atoms with E-state index in [-0.39, 0.29) is 5.56 Å². The standard InChI is InChI=1S/C18H16ClF3N2O3/c1-9-5-10(2)16(13(19)6-9)24-15(25)8-27-17(26)12-4-3-11(7-14(12)23)18(20,21)22/h3-7H,8,23H2,1-2H3,(H,24,25). The fraction of sp³-hybridized carbons (Fsp3) is 0.222. The Labute approximate surface area is 158 Å². The van der Waals surface area contributed by atoms with Crippen LogP contribution in [-0.2, 0) is 15.7 Å². The molecule has 0 aromatic heterocycles. The molecular formula is C18H16ClF3N2O3. The van der Waals surface area contributed by atoms with E-state index in [0.717, 1.165) is 17.2 Å². The SMILES string of the molecule is Cc1cc(C)c(NC(=O)COC(=O)c2ccc(C(F)(F)F)cc2N)c(Cl)c1. The van der Waals surface area contributed by atoms with E-state index in [1.54, 1.807) is 13.0 Å². The molecule has 0 atom stereocenters. The highest BCUT2D eigenvalue weighted by Gasteiger charge is 2.31. The number of anilines is 2. The van der Waals surface area contributed by atoms with E-state index in [0.29, 0.717) is 22.8 Å². The summed E-state index contributed by atoms with van der Waals surface area (Å²) in [5, 5.41) is 2.86. The molecule has 0 saturated carbocycles. The average molecular weight is 401 g/mol. The Hall–Kier alpha value is -2.74. The lowest BCUT2D eigenvalue weighted by atomic mass is 10.1. The largest absolute Gasteiger partial charge is 0.452 e. The number of carbonyl (C=O) groups is 2. The number of aryl methyl sites for hydroxylation is 2. The molecule has 0 spiro atoms. The van der Waals surface area contributed by atoms with Crippen molar-refractivity contribution >= 4 is 34.9 Å². The second kappa shape index (κ2) is 7.87. The summed E-state index contributed by atoms with van der Waals surface area (Å²) >= 11 is 6.08. The van der Waals surface area contributed by atoms with Crippen molar-refractivity contribution in [2.24, 2.45) is 0 Å². The maximum atomic E-state index is 12.6. The van der Waals surface area contributed by atoms with Crippen molar-refractivity contribution in [3.05, 3.63) is 57.6 Å². The van der Waals surface area contributed by atoms with Crippen molar-refractivity contribution in [3.63, 3.8) is 0 Å². The molecule has 2 rings (SSSR count). The van der Waals surface area contributed by atoms with Crippen molar-refractivity contribution in [3.8, 4) is 0 Å². The maximum absolute atomic E-state index is 12.6. The van der Waals surface area contributed by atoms with Crippen LogP contribution in [-0.4, -0.2) is 18.5 Å². The quantitative estimate of drug-likeness (QED) is 0.590. The van der Waals surface area contributed by atoms with Crippen LogP contribution in [0.5, 0.6) is 0 Å². The number of rotatable bonds is 4. The summed E-state index contributed by atoms with van der Waals surface area (Å²) in [5.74, 6) is -1.66. The first-order valence-electron chi connectivity index (χ1n) is 7.69. The van der Waals surface area contributed by atoms with E-state index in [1.165, 1.54) is 0 Å². The number of hydrogen-bond acceptors (Lipinski definition) is 4. The number of ether oxygens (including phenoxy) is 1. The number of amides is 1. The van der Waals surface area contributed by atoms with Gasteiger partial charge in [-0.1, -0.05) is 17.7 Å². The summed E-state index contributed by atoms with van der Waals surface area (Å²) in [6.45, 7) is 2.95. The number of benzene rings is 2. The Morgan fingerprint density at radius 2 is 1.85 bits per heavy atom. The Morgan fingerprint density at radius 3 is 2.41 bits per heavy atom. The molecule has 0 unspecified atom stereocenters. The monoisotopic (exact) mass is 400 g/mol. The summed E-state index contributed by atoms with van der Waals surface area (Å²) in [6, 6.07) is 5.73. The summed E-state index contributed by atoms with van der Waals surface area (Å²) in [7, 11) is 0. The van der Waals surface area contributed by atoms with Crippen molar-refractivity contribution in [2.45, 2.75) is 20.0 Å². The predicted octanol–water partition coefficient (Wildman–Crippen LogP) is 4.35. The number of nitrogens with two attached hydrogens (primary N) is 1. The Kier molecular flexibility index (Phi) is 6.00. The average Bonchev–Trinajstić information content (AvgIpc) is 2.55. The molecule has 0 radical (unpaired) electrons. The molecule has 0 fully saturated rings. The van der Waals surface area contributed by atoms with Crippen LogP contribution in [0.1, 0.15) is 27.0 Å². The highest BCUT2D eigenvalue weighted by atomic mass is 35.5. The highest BCUT2D eigenvalue weighted by Crippen LogP contribution is 2.31. The van der Waals surface area contributed by atoms with Crippen molar-refractivity contribution < 1.29 is 27.5 Å². The molecule has 1 amide bonds. The number of hydrogen-bond donors (Lipinski definition) is 2. The topological polar surface area (TPSA) is 81.4 Å². The van der Waals surface area contributed by atoms with E-state index in [1.807, 2.05) is 13.0 Å².